The predicted molar refractivity (Wildman–Crippen MR) is 95.3 cm³/mol. The second-order valence-corrected chi connectivity index (χ2v) is 6.53. The van der Waals surface area contributed by atoms with Crippen LogP contribution in [0.5, 0.6) is 0 Å². The highest BCUT2D eigenvalue weighted by Crippen LogP contribution is 2.25. The van der Waals surface area contributed by atoms with E-state index in [1.807, 2.05) is 13.8 Å². The number of aryl methyl sites for hydroxylation is 2. The Morgan fingerprint density at radius 2 is 1.96 bits per heavy atom. The van der Waals surface area contributed by atoms with Crippen molar-refractivity contribution in [3.05, 3.63) is 17.3 Å². The fraction of sp³-hybridized carbons (Fsp3) is 0.765. The topological polar surface area (TPSA) is 74.9 Å². The number of nitrogens with one attached hydrogen (secondary N) is 2. The monoisotopic (exact) mass is 337 g/mol. The summed E-state index contributed by atoms with van der Waals surface area (Å²) in [7, 11) is 4.27. The van der Waals surface area contributed by atoms with Crippen LogP contribution in [0.25, 0.3) is 0 Å². The first-order valence-corrected chi connectivity index (χ1v) is 8.67. The van der Waals surface area contributed by atoms with Crippen molar-refractivity contribution >= 4 is 5.96 Å². The van der Waals surface area contributed by atoms with Gasteiger partial charge in [0.1, 0.15) is 12.3 Å². The molecule has 2 heterocycles. The number of nitrogens with zero attached hydrogens (tertiary/aromatic N) is 3. The number of hydrogen-bond acceptors (Lipinski definition) is 5. The molecule has 1 aromatic heterocycles. The maximum atomic E-state index is 5.60. The first kappa shape index (κ1) is 18.7. The SMILES string of the molecule is CCNC(=NCc1nc(C)c(C)o1)NCC1(N(C)C)CCOCC1. The molecule has 1 aliphatic rings. The van der Waals surface area contributed by atoms with E-state index in [9.17, 15) is 0 Å². The van der Waals surface area contributed by atoms with Crippen LogP contribution in [-0.4, -0.2) is 61.8 Å². The van der Waals surface area contributed by atoms with Crippen LogP contribution in [0, 0.1) is 13.8 Å². The Hall–Kier alpha value is -1.60. The van der Waals surface area contributed by atoms with Crippen LogP contribution in [0.15, 0.2) is 9.41 Å². The minimum Gasteiger partial charge on any atom is -0.444 e. The molecule has 1 aromatic rings. The van der Waals surface area contributed by atoms with E-state index < -0.39 is 0 Å². The van der Waals surface area contributed by atoms with Gasteiger partial charge in [-0.05, 0) is 47.7 Å². The molecule has 0 radical (unpaired) electrons. The van der Waals surface area contributed by atoms with E-state index in [4.69, 9.17) is 9.15 Å². The van der Waals surface area contributed by atoms with Crippen LogP contribution in [0.4, 0.5) is 0 Å². The van der Waals surface area contributed by atoms with Gasteiger partial charge in [0, 0.05) is 31.8 Å². The lowest BCUT2D eigenvalue weighted by Crippen LogP contribution is -2.57. The molecule has 0 aromatic carbocycles. The summed E-state index contributed by atoms with van der Waals surface area (Å²) in [5, 5.41) is 6.77. The zero-order chi connectivity index (χ0) is 17.6. The molecule has 7 nitrogen and oxygen atoms in total. The molecular formula is C17H31N5O2. The van der Waals surface area contributed by atoms with E-state index in [0.29, 0.717) is 12.4 Å². The second-order valence-electron chi connectivity index (χ2n) is 6.53. The van der Waals surface area contributed by atoms with E-state index in [-0.39, 0.29) is 5.54 Å². The Balaban J connectivity index is 2.00. The van der Waals surface area contributed by atoms with Crippen molar-refractivity contribution in [3.63, 3.8) is 0 Å². The fourth-order valence-corrected chi connectivity index (χ4v) is 2.88. The number of guanidine groups is 1. The fourth-order valence-electron chi connectivity index (χ4n) is 2.88. The third-order valence-corrected chi connectivity index (χ3v) is 4.75. The summed E-state index contributed by atoms with van der Waals surface area (Å²) in [4.78, 5) is 11.3. The second kappa shape index (κ2) is 8.48. The lowest BCUT2D eigenvalue weighted by Gasteiger charge is -2.43. The maximum absolute atomic E-state index is 5.60. The number of aromatic nitrogens is 1. The lowest BCUT2D eigenvalue weighted by molar-refractivity contribution is -0.00501. The number of rotatable bonds is 6. The largest absolute Gasteiger partial charge is 0.444 e. The summed E-state index contributed by atoms with van der Waals surface area (Å²) in [6.07, 6.45) is 2.04. The summed E-state index contributed by atoms with van der Waals surface area (Å²) in [5.41, 5.74) is 1.02. The first-order chi connectivity index (χ1) is 11.5. The number of oxazole rings is 1. The molecule has 24 heavy (non-hydrogen) atoms. The third kappa shape index (κ3) is 4.70. The van der Waals surface area contributed by atoms with Crippen LogP contribution in [0.2, 0.25) is 0 Å². The first-order valence-electron chi connectivity index (χ1n) is 8.67. The number of likely N-dealkylation sites (N-methyl/N-ethyl adjacent to an activating group) is 1. The van der Waals surface area contributed by atoms with Crippen molar-refractivity contribution in [2.45, 2.75) is 45.7 Å². The molecule has 0 aliphatic carbocycles. The van der Waals surface area contributed by atoms with Crippen LogP contribution < -0.4 is 10.6 Å². The summed E-state index contributed by atoms with van der Waals surface area (Å²) < 4.78 is 11.1. The molecule has 2 rings (SSSR count). The molecule has 1 saturated heterocycles. The molecule has 0 saturated carbocycles. The van der Waals surface area contributed by atoms with Gasteiger partial charge in [0.05, 0.1) is 5.69 Å². The molecule has 1 fully saturated rings. The minimum atomic E-state index is 0.102. The average molecular weight is 337 g/mol. The Bertz CT molecular complexity index is 528. The Labute approximate surface area is 144 Å². The summed E-state index contributed by atoms with van der Waals surface area (Å²) in [5.74, 6) is 2.29. The highest BCUT2D eigenvalue weighted by atomic mass is 16.5. The summed E-state index contributed by atoms with van der Waals surface area (Å²) >= 11 is 0. The van der Waals surface area contributed by atoms with Gasteiger partial charge in [0.15, 0.2) is 5.96 Å². The van der Waals surface area contributed by atoms with Crippen molar-refractivity contribution in [2.24, 2.45) is 4.99 Å². The van der Waals surface area contributed by atoms with Gasteiger partial charge in [0.2, 0.25) is 5.89 Å². The maximum Gasteiger partial charge on any atom is 0.216 e. The van der Waals surface area contributed by atoms with Crippen molar-refractivity contribution < 1.29 is 9.15 Å². The normalized spacial score (nSPS) is 18.0. The zero-order valence-electron chi connectivity index (χ0n) is 15.6. The Morgan fingerprint density at radius 3 is 2.50 bits per heavy atom. The molecule has 0 amide bonds. The highest BCUT2D eigenvalue weighted by molar-refractivity contribution is 5.79. The Kier molecular flexibility index (Phi) is 6.62. The van der Waals surface area contributed by atoms with Gasteiger partial charge in [0.25, 0.3) is 0 Å². The summed E-state index contributed by atoms with van der Waals surface area (Å²) in [6, 6.07) is 0. The van der Waals surface area contributed by atoms with Gasteiger partial charge in [-0.15, -0.1) is 0 Å². The van der Waals surface area contributed by atoms with E-state index in [0.717, 1.165) is 56.6 Å². The standard InChI is InChI=1S/C17H31N5O2/c1-6-18-16(19-11-15-21-13(2)14(3)24-15)20-12-17(22(4)5)7-9-23-10-8-17/h6-12H2,1-5H3,(H2,18,19,20). The van der Waals surface area contributed by atoms with Crippen LogP contribution in [0.3, 0.4) is 0 Å². The van der Waals surface area contributed by atoms with Crippen molar-refractivity contribution in [1.82, 2.24) is 20.5 Å². The molecule has 1 aliphatic heterocycles. The molecule has 136 valence electrons. The zero-order valence-corrected chi connectivity index (χ0v) is 15.6. The van der Waals surface area contributed by atoms with Crippen molar-refractivity contribution in [3.8, 4) is 0 Å². The predicted octanol–water partition coefficient (Wildman–Crippen LogP) is 1.46. The van der Waals surface area contributed by atoms with Gasteiger partial charge < -0.3 is 24.7 Å². The molecule has 0 bridgehead atoms. The van der Waals surface area contributed by atoms with Gasteiger partial charge in [-0.2, -0.15) is 0 Å². The molecule has 7 heteroatoms. The molecular weight excluding hydrogens is 306 g/mol. The number of ether oxygens (including phenoxy) is 1. The molecule has 2 N–H and O–H groups in total. The van der Waals surface area contributed by atoms with Crippen LogP contribution >= 0.6 is 0 Å². The summed E-state index contributed by atoms with van der Waals surface area (Å²) in [6.45, 7) is 9.62. The van der Waals surface area contributed by atoms with Gasteiger partial charge in [-0.1, -0.05) is 0 Å². The van der Waals surface area contributed by atoms with Crippen LogP contribution in [-0.2, 0) is 11.3 Å². The van der Waals surface area contributed by atoms with Gasteiger partial charge in [-0.3, -0.25) is 0 Å². The van der Waals surface area contributed by atoms with Crippen molar-refractivity contribution in [2.75, 3.05) is 40.4 Å². The highest BCUT2D eigenvalue weighted by Gasteiger charge is 2.34. The molecule has 0 atom stereocenters. The smallest absolute Gasteiger partial charge is 0.216 e. The van der Waals surface area contributed by atoms with E-state index >= 15 is 0 Å². The lowest BCUT2D eigenvalue weighted by atomic mass is 9.88. The molecule has 0 unspecified atom stereocenters. The van der Waals surface area contributed by atoms with Gasteiger partial charge in [-0.25, -0.2) is 9.98 Å². The Morgan fingerprint density at radius 1 is 1.25 bits per heavy atom. The quantitative estimate of drug-likeness (QED) is 0.605. The van der Waals surface area contributed by atoms with E-state index in [1.165, 1.54) is 0 Å². The van der Waals surface area contributed by atoms with E-state index in [2.05, 4.69) is 46.5 Å². The number of hydrogen-bond donors (Lipinski definition) is 2. The molecule has 0 spiro atoms. The average Bonchev–Trinajstić information content (AvgIpc) is 2.89. The van der Waals surface area contributed by atoms with Gasteiger partial charge >= 0.3 is 0 Å². The number of aliphatic imine (C=N–C) groups is 1. The third-order valence-electron chi connectivity index (χ3n) is 4.75. The van der Waals surface area contributed by atoms with E-state index in [1.54, 1.807) is 0 Å². The minimum absolute atomic E-state index is 0.102. The van der Waals surface area contributed by atoms with Crippen LogP contribution in [0.1, 0.15) is 37.1 Å². The van der Waals surface area contributed by atoms with Crippen molar-refractivity contribution in [1.29, 1.82) is 0 Å².